The molecule has 32 heavy (non-hydrogen) atoms. The largest absolute Gasteiger partial charge is 0.493 e. The average Bonchev–Trinajstić information content (AvgIpc) is 2.83. The lowest BCUT2D eigenvalue weighted by molar-refractivity contribution is 0.0945. The Bertz CT molecular complexity index is 1100. The zero-order chi connectivity index (χ0) is 22.9. The number of aromatic nitrogens is 1. The van der Waals surface area contributed by atoms with Crippen LogP contribution in [0.1, 0.15) is 26.4 Å². The van der Waals surface area contributed by atoms with Gasteiger partial charge in [0.1, 0.15) is 17.2 Å². The average molecular weight is 435 g/mol. The molecule has 2 amide bonds. The van der Waals surface area contributed by atoms with E-state index in [1.165, 1.54) is 20.4 Å². The summed E-state index contributed by atoms with van der Waals surface area (Å²) < 4.78 is 16.4. The topological polar surface area (TPSA) is 98.8 Å². The number of hydrogen-bond acceptors (Lipinski definition) is 6. The van der Waals surface area contributed by atoms with Gasteiger partial charge in [-0.1, -0.05) is 18.2 Å². The Labute approximate surface area is 186 Å². The van der Waals surface area contributed by atoms with Gasteiger partial charge in [-0.25, -0.2) is 0 Å². The summed E-state index contributed by atoms with van der Waals surface area (Å²) in [5.74, 6) is 1.50. The van der Waals surface area contributed by atoms with Crippen LogP contribution < -0.4 is 24.8 Å². The Morgan fingerprint density at radius 2 is 1.72 bits per heavy atom. The molecule has 0 saturated heterocycles. The number of benzene rings is 2. The molecule has 3 rings (SSSR count). The standard InChI is InChI=1S/C24H25N3O5/c1-25-24(29)20-15-18(11-13-26-20)32-17-7-4-6-16(14-17)10-12-27-23(28)19-8-5-9-21(30-2)22(19)31-3/h4-9,11,13-15H,10,12H2,1-3H3,(H,25,29)(H,27,28). The van der Waals surface area contributed by atoms with Gasteiger partial charge in [-0.2, -0.15) is 0 Å². The highest BCUT2D eigenvalue weighted by Crippen LogP contribution is 2.30. The van der Waals surface area contributed by atoms with Gasteiger partial charge in [-0.3, -0.25) is 14.6 Å². The smallest absolute Gasteiger partial charge is 0.269 e. The van der Waals surface area contributed by atoms with Crippen LogP contribution in [-0.2, 0) is 6.42 Å². The molecule has 2 aromatic carbocycles. The van der Waals surface area contributed by atoms with Crippen LogP contribution in [0.4, 0.5) is 0 Å². The third-order valence-electron chi connectivity index (χ3n) is 4.67. The number of amides is 2. The second-order valence-electron chi connectivity index (χ2n) is 6.75. The van der Waals surface area contributed by atoms with Crippen LogP contribution in [0, 0.1) is 0 Å². The molecule has 0 aliphatic rings. The lowest BCUT2D eigenvalue weighted by Crippen LogP contribution is -2.26. The van der Waals surface area contributed by atoms with Gasteiger partial charge in [0.25, 0.3) is 11.8 Å². The maximum absolute atomic E-state index is 12.6. The fraction of sp³-hybridized carbons (Fsp3) is 0.208. The predicted molar refractivity (Wildman–Crippen MR) is 120 cm³/mol. The molecule has 3 aromatic rings. The van der Waals surface area contributed by atoms with Crippen molar-refractivity contribution in [3.05, 3.63) is 77.6 Å². The maximum atomic E-state index is 12.6. The summed E-state index contributed by atoms with van der Waals surface area (Å²) in [4.78, 5) is 28.4. The molecular weight excluding hydrogens is 410 g/mol. The van der Waals surface area contributed by atoms with E-state index in [0.29, 0.717) is 41.5 Å². The molecule has 1 aromatic heterocycles. The van der Waals surface area contributed by atoms with Crippen molar-refractivity contribution in [1.29, 1.82) is 0 Å². The highest BCUT2D eigenvalue weighted by molar-refractivity contribution is 5.97. The summed E-state index contributed by atoms with van der Waals surface area (Å²) in [6.45, 7) is 0.429. The van der Waals surface area contributed by atoms with Crippen LogP contribution in [0.25, 0.3) is 0 Å². The number of carbonyl (C=O) groups excluding carboxylic acids is 2. The summed E-state index contributed by atoms with van der Waals surface area (Å²) in [5.41, 5.74) is 1.67. The summed E-state index contributed by atoms with van der Waals surface area (Å²) in [5, 5.41) is 5.43. The first-order chi connectivity index (χ1) is 15.5. The van der Waals surface area contributed by atoms with Crippen LogP contribution in [-0.4, -0.2) is 44.6 Å². The van der Waals surface area contributed by atoms with Crippen LogP contribution in [0.5, 0.6) is 23.0 Å². The minimum Gasteiger partial charge on any atom is -0.493 e. The fourth-order valence-corrected chi connectivity index (χ4v) is 3.11. The molecule has 0 unspecified atom stereocenters. The minimum absolute atomic E-state index is 0.244. The minimum atomic E-state index is -0.285. The third-order valence-corrected chi connectivity index (χ3v) is 4.67. The van der Waals surface area contributed by atoms with E-state index in [2.05, 4.69) is 15.6 Å². The van der Waals surface area contributed by atoms with E-state index in [1.54, 1.807) is 37.4 Å². The Balaban J connectivity index is 1.61. The zero-order valence-electron chi connectivity index (χ0n) is 18.2. The molecule has 166 valence electrons. The molecule has 1 heterocycles. The molecule has 0 radical (unpaired) electrons. The third kappa shape index (κ3) is 5.54. The van der Waals surface area contributed by atoms with E-state index < -0.39 is 0 Å². The van der Waals surface area contributed by atoms with Crippen LogP contribution in [0.3, 0.4) is 0 Å². The van der Waals surface area contributed by atoms with Gasteiger partial charge < -0.3 is 24.8 Å². The van der Waals surface area contributed by atoms with Gasteiger partial charge >= 0.3 is 0 Å². The van der Waals surface area contributed by atoms with Crippen molar-refractivity contribution >= 4 is 11.8 Å². The van der Waals surface area contributed by atoms with Gasteiger partial charge in [0.15, 0.2) is 11.5 Å². The second kappa shape index (κ2) is 10.8. The summed E-state index contributed by atoms with van der Waals surface area (Å²) >= 11 is 0. The van der Waals surface area contributed by atoms with Crippen molar-refractivity contribution in [2.45, 2.75) is 6.42 Å². The number of ether oxygens (including phenoxy) is 3. The number of carbonyl (C=O) groups is 2. The number of rotatable bonds is 9. The highest BCUT2D eigenvalue weighted by atomic mass is 16.5. The summed E-state index contributed by atoms with van der Waals surface area (Å²) in [6.07, 6.45) is 2.13. The first-order valence-corrected chi connectivity index (χ1v) is 9.99. The van der Waals surface area contributed by atoms with Crippen molar-refractivity contribution < 1.29 is 23.8 Å². The molecule has 0 aliphatic carbocycles. The van der Waals surface area contributed by atoms with Crippen molar-refractivity contribution in [3.8, 4) is 23.0 Å². The quantitative estimate of drug-likeness (QED) is 0.536. The fourth-order valence-electron chi connectivity index (χ4n) is 3.11. The van der Waals surface area contributed by atoms with Gasteiger partial charge in [-0.05, 0) is 42.3 Å². The molecule has 0 aliphatic heterocycles. The molecule has 8 heteroatoms. The van der Waals surface area contributed by atoms with Crippen molar-refractivity contribution in [2.75, 3.05) is 27.8 Å². The van der Waals surface area contributed by atoms with Gasteiger partial charge in [0.2, 0.25) is 0 Å². The van der Waals surface area contributed by atoms with Gasteiger partial charge in [0, 0.05) is 25.9 Å². The van der Waals surface area contributed by atoms with E-state index in [-0.39, 0.29) is 17.5 Å². The second-order valence-corrected chi connectivity index (χ2v) is 6.75. The molecule has 0 bridgehead atoms. The van der Waals surface area contributed by atoms with Gasteiger partial charge in [-0.15, -0.1) is 0 Å². The predicted octanol–water partition coefficient (Wildman–Crippen LogP) is 3.22. The summed E-state index contributed by atoms with van der Waals surface area (Å²) in [6, 6.07) is 16.0. The lowest BCUT2D eigenvalue weighted by atomic mass is 10.1. The van der Waals surface area contributed by atoms with Crippen LogP contribution in [0.2, 0.25) is 0 Å². The number of nitrogens with one attached hydrogen (secondary N) is 2. The number of hydrogen-bond donors (Lipinski definition) is 2. The molecule has 0 fully saturated rings. The number of methoxy groups -OCH3 is 2. The Kier molecular flexibility index (Phi) is 7.64. The molecule has 0 saturated carbocycles. The van der Waals surface area contributed by atoms with E-state index in [9.17, 15) is 9.59 Å². The molecule has 2 N–H and O–H groups in total. The molecular formula is C24H25N3O5. The van der Waals surface area contributed by atoms with E-state index in [0.717, 1.165) is 5.56 Å². The maximum Gasteiger partial charge on any atom is 0.269 e. The monoisotopic (exact) mass is 435 g/mol. The Hall–Kier alpha value is -4.07. The van der Waals surface area contributed by atoms with Gasteiger partial charge in [0.05, 0.1) is 19.8 Å². The molecule has 8 nitrogen and oxygen atoms in total. The molecule has 0 spiro atoms. The number of nitrogens with zero attached hydrogens (tertiary/aromatic N) is 1. The van der Waals surface area contributed by atoms with Crippen molar-refractivity contribution in [3.63, 3.8) is 0 Å². The van der Waals surface area contributed by atoms with Crippen molar-refractivity contribution in [2.24, 2.45) is 0 Å². The SMILES string of the molecule is CNC(=O)c1cc(Oc2cccc(CCNC(=O)c3cccc(OC)c3OC)c2)ccn1. The van der Waals surface area contributed by atoms with E-state index >= 15 is 0 Å². The van der Waals surface area contributed by atoms with E-state index in [4.69, 9.17) is 14.2 Å². The van der Waals surface area contributed by atoms with Crippen molar-refractivity contribution in [1.82, 2.24) is 15.6 Å². The normalized spacial score (nSPS) is 10.2. The first-order valence-electron chi connectivity index (χ1n) is 9.99. The van der Waals surface area contributed by atoms with E-state index in [1.807, 2.05) is 24.3 Å². The Morgan fingerprint density at radius 1 is 0.938 bits per heavy atom. The van der Waals surface area contributed by atoms with Crippen LogP contribution >= 0.6 is 0 Å². The molecule has 0 atom stereocenters. The number of pyridine rings is 1. The highest BCUT2D eigenvalue weighted by Gasteiger charge is 2.16. The number of para-hydroxylation sites is 1. The Morgan fingerprint density at radius 3 is 2.47 bits per heavy atom. The van der Waals surface area contributed by atoms with Crippen LogP contribution in [0.15, 0.2) is 60.8 Å². The summed E-state index contributed by atoms with van der Waals surface area (Å²) in [7, 11) is 4.57. The first kappa shape index (κ1) is 22.6. The zero-order valence-corrected chi connectivity index (χ0v) is 18.2. The lowest BCUT2D eigenvalue weighted by Gasteiger charge is -2.13.